The van der Waals surface area contributed by atoms with Gasteiger partial charge in [-0.3, -0.25) is 4.79 Å². The van der Waals surface area contributed by atoms with Crippen LogP contribution in [0.4, 0.5) is 0 Å². The third kappa shape index (κ3) is 4.94. The van der Waals surface area contributed by atoms with Crippen LogP contribution in [0.3, 0.4) is 0 Å². The summed E-state index contributed by atoms with van der Waals surface area (Å²) in [7, 11) is 0. The summed E-state index contributed by atoms with van der Waals surface area (Å²) in [4.78, 5) is 12.9. The van der Waals surface area contributed by atoms with Gasteiger partial charge in [0.2, 0.25) is 0 Å². The molecular weight excluding hydrogens is 420 g/mol. The van der Waals surface area contributed by atoms with Gasteiger partial charge in [-0.2, -0.15) is 0 Å². The Balaban J connectivity index is 1.51. The number of rotatable bonds is 8. The van der Waals surface area contributed by atoms with Gasteiger partial charge in [0.05, 0.1) is 0 Å². The summed E-state index contributed by atoms with van der Waals surface area (Å²) in [5.41, 5.74) is 5.87. The fraction of sp³-hybridized carbons (Fsp3) is 0.129. The maximum atomic E-state index is 12.9. The third-order valence-electron chi connectivity index (χ3n) is 6.01. The first kappa shape index (κ1) is 21.7. The van der Waals surface area contributed by atoms with Crippen molar-refractivity contribution in [3.05, 3.63) is 131 Å². The highest BCUT2D eigenvalue weighted by Gasteiger charge is 2.27. The molecule has 0 spiro atoms. The average molecular weight is 447 g/mol. The van der Waals surface area contributed by atoms with Crippen LogP contribution in [-0.4, -0.2) is 5.78 Å². The van der Waals surface area contributed by atoms with E-state index in [9.17, 15) is 4.79 Å². The molecule has 0 N–H and O–H groups in total. The molecule has 0 amide bonds. The van der Waals surface area contributed by atoms with E-state index in [0.29, 0.717) is 26.1 Å². The van der Waals surface area contributed by atoms with Crippen molar-refractivity contribution in [2.24, 2.45) is 0 Å². The van der Waals surface area contributed by atoms with Crippen molar-refractivity contribution >= 4 is 16.9 Å². The van der Waals surface area contributed by atoms with Crippen LogP contribution >= 0.6 is 0 Å². The lowest BCUT2D eigenvalue weighted by atomic mass is 9.96. The van der Waals surface area contributed by atoms with Crippen LogP contribution in [-0.2, 0) is 18.0 Å². The van der Waals surface area contributed by atoms with Crippen LogP contribution in [0, 0.1) is 0 Å². The molecule has 0 unspecified atom stereocenters. The van der Waals surface area contributed by atoms with E-state index in [-0.39, 0.29) is 5.78 Å². The smallest absolute Gasteiger partial charge is 0.164 e. The molecule has 0 atom stereocenters. The van der Waals surface area contributed by atoms with Gasteiger partial charge < -0.3 is 9.47 Å². The molecule has 4 aromatic rings. The number of ether oxygens (including phenoxy) is 2. The Morgan fingerprint density at radius 1 is 0.618 bits per heavy atom. The number of Topliss-reactive ketones (excluding diaryl/α,β-unsaturated/α-hetero) is 1. The molecule has 0 saturated carbocycles. The second-order valence-corrected chi connectivity index (χ2v) is 8.35. The van der Waals surface area contributed by atoms with Gasteiger partial charge >= 0.3 is 0 Å². The maximum Gasteiger partial charge on any atom is 0.164 e. The Kier molecular flexibility index (Phi) is 6.53. The summed E-state index contributed by atoms with van der Waals surface area (Å²) in [6.45, 7) is 0.938. The molecule has 0 fully saturated rings. The third-order valence-corrected chi connectivity index (χ3v) is 6.01. The number of benzene rings is 4. The first-order valence-corrected chi connectivity index (χ1v) is 11.6. The van der Waals surface area contributed by atoms with Crippen molar-refractivity contribution in [3.8, 4) is 11.5 Å². The molecule has 0 bridgehead atoms. The fourth-order valence-corrected chi connectivity index (χ4v) is 4.30. The van der Waals surface area contributed by atoms with E-state index >= 15 is 0 Å². The van der Waals surface area contributed by atoms with E-state index in [0.717, 1.165) is 44.9 Å². The molecule has 4 aromatic carbocycles. The highest BCUT2D eigenvalue weighted by molar-refractivity contribution is 6.31. The summed E-state index contributed by atoms with van der Waals surface area (Å²) < 4.78 is 12.4. The molecule has 0 heterocycles. The van der Waals surface area contributed by atoms with Gasteiger partial charge in [-0.25, -0.2) is 0 Å². The van der Waals surface area contributed by atoms with Gasteiger partial charge in [-0.15, -0.1) is 0 Å². The summed E-state index contributed by atoms with van der Waals surface area (Å²) in [6, 6.07) is 36.0. The molecule has 34 heavy (non-hydrogen) atoms. The van der Waals surface area contributed by atoms with Gasteiger partial charge in [0.1, 0.15) is 24.7 Å². The zero-order chi connectivity index (χ0) is 23.2. The number of hydrogen-bond donors (Lipinski definition) is 0. The van der Waals surface area contributed by atoms with Crippen LogP contribution in [0.25, 0.3) is 11.1 Å². The van der Waals surface area contributed by atoms with E-state index in [1.807, 2.05) is 109 Å². The molecular formula is C31H26O3. The molecule has 0 saturated heterocycles. The lowest BCUT2D eigenvalue weighted by molar-refractivity contribution is -0.113. The Hall–Kier alpha value is -4.11. The number of ketones is 1. The van der Waals surface area contributed by atoms with E-state index in [2.05, 4.69) is 0 Å². The molecule has 0 aromatic heterocycles. The first-order valence-electron chi connectivity index (χ1n) is 11.6. The van der Waals surface area contributed by atoms with Crippen molar-refractivity contribution in [2.75, 3.05) is 0 Å². The topological polar surface area (TPSA) is 35.5 Å². The molecule has 3 heteroatoms. The van der Waals surface area contributed by atoms with Crippen LogP contribution in [0.1, 0.15) is 35.1 Å². The number of hydrogen-bond acceptors (Lipinski definition) is 3. The molecule has 3 nitrogen and oxygen atoms in total. The minimum Gasteiger partial charge on any atom is -0.489 e. The quantitative estimate of drug-likeness (QED) is 0.289. The van der Waals surface area contributed by atoms with Gasteiger partial charge in [-0.1, -0.05) is 91.0 Å². The molecule has 0 aliphatic heterocycles. The zero-order valence-corrected chi connectivity index (χ0v) is 18.9. The number of allylic oxidation sites excluding steroid dienone is 2. The second-order valence-electron chi connectivity index (χ2n) is 8.35. The van der Waals surface area contributed by atoms with Crippen molar-refractivity contribution in [3.63, 3.8) is 0 Å². The van der Waals surface area contributed by atoms with Crippen molar-refractivity contribution in [2.45, 2.75) is 26.1 Å². The molecule has 5 rings (SSSR count). The van der Waals surface area contributed by atoms with Crippen LogP contribution in [0.2, 0.25) is 0 Å². The maximum absolute atomic E-state index is 12.9. The van der Waals surface area contributed by atoms with Crippen LogP contribution in [0.15, 0.2) is 109 Å². The normalized spacial score (nSPS) is 13.2. The van der Waals surface area contributed by atoms with Crippen molar-refractivity contribution < 1.29 is 14.3 Å². The summed E-state index contributed by atoms with van der Waals surface area (Å²) >= 11 is 0. The highest BCUT2D eigenvalue weighted by atomic mass is 16.5. The Labute approximate surface area is 200 Å². The summed E-state index contributed by atoms with van der Waals surface area (Å²) in [6.07, 6.45) is 1.19. The van der Waals surface area contributed by atoms with E-state index in [4.69, 9.17) is 9.47 Å². The molecule has 1 aliphatic carbocycles. The Morgan fingerprint density at radius 2 is 1.21 bits per heavy atom. The van der Waals surface area contributed by atoms with Crippen molar-refractivity contribution in [1.82, 2.24) is 0 Å². The minimum atomic E-state index is 0.172. The molecule has 168 valence electrons. The van der Waals surface area contributed by atoms with E-state index in [1.54, 1.807) is 0 Å². The predicted octanol–water partition coefficient (Wildman–Crippen LogP) is 7.12. The monoisotopic (exact) mass is 446 g/mol. The average Bonchev–Trinajstić information content (AvgIpc) is 3.29. The van der Waals surface area contributed by atoms with Crippen LogP contribution < -0.4 is 9.47 Å². The zero-order valence-electron chi connectivity index (χ0n) is 18.9. The van der Waals surface area contributed by atoms with Crippen molar-refractivity contribution in [1.29, 1.82) is 0 Å². The number of carbonyl (C=O) groups excluding carboxylic acids is 1. The summed E-state index contributed by atoms with van der Waals surface area (Å²) in [5.74, 6) is 1.69. The minimum absolute atomic E-state index is 0.172. The molecule has 1 aliphatic rings. The Morgan fingerprint density at radius 3 is 1.85 bits per heavy atom. The standard InChI is InChI=1S/C31H26O3/c32-29-18-17-27(31(29)25-14-8-3-9-15-25)28-20-26(33-21-23-10-4-1-5-11-23)16-19-30(28)34-22-24-12-6-2-7-13-24/h1-16,19-20H,17-18,21-22H2. The van der Waals surface area contributed by atoms with Gasteiger partial charge in [0.15, 0.2) is 5.78 Å². The predicted molar refractivity (Wildman–Crippen MR) is 135 cm³/mol. The Bertz CT molecular complexity index is 1290. The van der Waals surface area contributed by atoms with Gasteiger partial charge in [0, 0.05) is 17.6 Å². The lowest BCUT2D eigenvalue weighted by Gasteiger charge is -2.16. The SMILES string of the molecule is O=C1CCC(c2cc(OCc3ccccc3)ccc2OCc2ccccc2)=C1c1ccccc1. The largest absolute Gasteiger partial charge is 0.489 e. The molecule has 0 radical (unpaired) electrons. The van der Waals surface area contributed by atoms with E-state index < -0.39 is 0 Å². The lowest BCUT2D eigenvalue weighted by Crippen LogP contribution is -2.01. The first-order chi connectivity index (χ1) is 16.8. The summed E-state index contributed by atoms with van der Waals surface area (Å²) in [5, 5.41) is 0. The second kappa shape index (κ2) is 10.2. The van der Waals surface area contributed by atoms with Gasteiger partial charge in [0.25, 0.3) is 0 Å². The number of carbonyl (C=O) groups is 1. The van der Waals surface area contributed by atoms with E-state index in [1.165, 1.54) is 0 Å². The fourth-order valence-electron chi connectivity index (χ4n) is 4.30. The van der Waals surface area contributed by atoms with Crippen LogP contribution in [0.5, 0.6) is 11.5 Å². The highest BCUT2D eigenvalue weighted by Crippen LogP contribution is 2.42. The van der Waals surface area contributed by atoms with Gasteiger partial charge in [-0.05, 0) is 46.9 Å².